The molecular formula is C21H30N4O. The molecule has 0 radical (unpaired) electrons. The topological polar surface area (TPSA) is 33.5 Å². The number of ether oxygens (including phenoxy) is 1. The van der Waals surface area contributed by atoms with Crippen LogP contribution in [-0.2, 0) is 11.3 Å². The van der Waals surface area contributed by atoms with E-state index < -0.39 is 0 Å². The molecular weight excluding hydrogens is 324 g/mol. The van der Waals surface area contributed by atoms with E-state index in [2.05, 4.69) is 69.8 Å². The van der Waals surface area contributed by atoms with Crippen LogP contribution < -0.4 is 0 Å². The fraction of sp³-hybridized carbons (Fsp3) is 0.571. The zero-order valence-corrected chi connectivity index (χ0v) is 16.0. The van der Waals surface area contributed by atoms with Crippen molar-refractivity contribution >= 4 is 0 Å². The first-order chi connectivity index (χ1) is 12.7. The van der Waals surface area contributed by atoms with E-state index in [0.717, 1.165) is 58.0 Å². The Morgan fingerprint density at radius 2 is 1.88 bits per heavy atom. The maximum atomic E-state index is 6.14. The monoisotopic (exact) mass is 354 g/mol. The lowest BCUT2D eigenvalue weighted by molar-refractivity contribution is -0.00616. The molecule has 4 rings (SSSR count). The Hall–Kier alpha value is -1.69. The minimum Gasteiger partial charge on any atom is -0.376 e. The lowest BCUT2D eigenvalue weighted by Crippen LogP contribution is -2.52. The Labute approximate surface area is 156 Å². The van der Waals surface area contributed by atoms with Crippen LogP contribution in [0.1, 0.15) is 29.4 Å². The molecule has 1 unspecified atom stereocenters. The quantitative estimate of drug-likeness (QED) is 0.827. The number of hydrogen-bond donors (Lipinski definition) is 0. The number of aromatic nitrogens is 2. The van der Waals surface area contributed by atoms with Crippen LogP contribution in [0.4, 0.5) is 0 Å². The van der Waals surface area contributed by atoms with Gasteiger partial charge in [0.15, 0.2) is 0 Å². The minimum absolute atomic E-state index is 0.308. The smallest absolute Gasteiger partial charge is 0.0828 e. The van der Waals surface area contributed by atoms with Crippen LogP contribution in [0, 0.1) is 13.8 Å². The normalized spacial score (nSPS) is 22.9. The van der Waals surface area contributed by atoms with Crippen molar-refractivity contribution in [3.05, 3.63) is 53.3 Å². The second kappa shape index (κ2) is 7.91. The first-order valence-corrected chi connectivity index (χ1v) is 9.80. The van der Waals surface area contributed by atoms with Gasteiger partial charge < -0.3 is 4.74 Å². The summed E-state index contributed by atoms with van der Waals surface area (Å²) in [5.41, 5.74) is 3.78. The van der Waals surface area contributed by atoms with E-state index in [1.807, 2.05) is 0 Å². The van der Waals surface area contributed by atoms with Crippen LogP contribution in [0.2, 0.25) is 0 Å². The van der Waals surface area contributed by atoms with Crippen LogP contribution in [0.3, 0.4) is 0 Å². The van der Waals surface area contributed by atoms with Crippen LogP contribution in [0.25, 0.3) is 0 Å². The van der Waals surface area contributed by atoms with E-state index in [4.69, 9.17) is 4.74 Å². The van der Waals surface area contributed by atoms with E-state index in [1.165, 1.54) is 11.3 Å². The molecule has 0 saturated carbocycles. The highest BCUT2D eigenvalue weighted by molar-refractivity contribution is 5.14. The molecule has 1 atom stereocenters. The Kier molecular flexibility index (Phi) is 5.38. The standard InChI is InChI=1S/C21H30N4O/c1-17-11-18(2)25(22-17)20-13-24(14-20)16-21-15-23(9-6-10-26-21)12-19-7-4-3-5-8-19/h3-5,7-8,11,20-21H,6,9-10,12-16H2,1-2H3. The SMILES string of the molecule is Cc1cc(C)n(C2CN(CC3CN(Cc4ccccc4)CCCO3)C2)n1. The highest BCUT2D eigenvalue weighted by Crippen LogP contribution is 2.24. The molecule has 1 aromatic carbocycles. The second-order valence-corrected chi connectivity index (χ2v) is 7.81. The van der Waals surface area contributed by atoms with E-state index >= 15 is 0 Å². The molecule has 140 valence electrons. The van der Waals surface area contributed by atoms with Gasteiger partial charge in [-0.1, -0.05) is 30.3 Å². The minimum atomic E-state index is 0.308. The lowest BCUT2D eigenvalue weighted by atomic mass is 10.1. The van der Waals surface area contributed by atoms with E-state index in [9.17, 15) is 0 Å². The van der Waals surface area contributed by atoms with Gasteiger partial charge in [-0.25, -0.2) is 0 Å². The number of benzene rings is 1. The number of rotatable bonds is 5. The summed E-state index contributed by atoms with van der Waals surface area (Å²) in [6, 6.07) is 13.5. The van der Waals surface area contributed by atoms with Crippen molar-refractivity contribution < 1.29 is 4.74 Å². The molecule has 5 nitrogen and oxygen atoms in total. The average molecular weight is 354 g/mol. The first kappa shape index (κ1) is 17.7. The summed E-state index contributed by atoms with van der Waals surface area (Å²) in [5.74, 6) is 0. The zero-order valence-electron chi connectivity index (χ0n) is 16.0. The third-order valence-corrected chi connectivity index (χ3v) is 5.47. The van der Waals surface area contributed by atoms with Gasteiger partial charge in [0.25, 0.3) is 0 Å². The molecule has 3 heterocycles. The van der Waals surface area contributed by atoms with Crippen LogP contribution in [0.5, 0.6) is 0 Å². The summed E-state index contributed by atoms with van der Waals surface area (Å²) in [6.07, 6.45) is 1.43. The van der Waals surface area contributed by atoms with Gasteiger partial charge >= 0.3 is 0 Å². The van der Waals surface area contributed by atoms with Gasteiger partial charge in [0.1, 0.15) is 0 Å². The van der Waals surface area contributed by atoms with Gasteiger partial charge in [0, 0.05) is 51.6 Å². The molecule has 2 saturated heterocycles. The molecule has 2 aliphatic rings. The molecule has 2 fully saturated rings. The molecule has 0 spiro atoms. The summed E-state index contributed by atoms with van der Waals surface area (Å²) in [5, 5.41) is 4.64. The Balaban J connectivity index is 1.28. The predicted octanol–water partition coefficient (Wildman–Crippen LogP) is 2.65. The molecule has 26 heavy (non-hydrogen) atoms. The second-order valence-electron chi connectivity index (χ2n) is 7.81. The van der Waals surface area contributed by atoms with Crippen LogP contribution in [-0.4, -0.2) is 65.0 Å². The van der Waals surface area contributed by atoms with Gasteiger partial charge in [-0.2, -0.15) is 5.10 Å². The summed E-state index contributed by atoms with van der Waals surface area (Å²) >= 11 is 0. The van der Waals surface area contributed by atoms with Crippen molar-refractivity contribution in [3.8, 4) is 0 Å². The third kappa shape index (κ3) is 4.17. The molecule has 2 aromatic rings. The van der Waals surface area contributed by atoms with Gasteiger partial charge in [-0.3, -0.25) is 14.5 Å². The lowest BCUT2D eigenvalue weighted by Gasteiger charge is -2.41. The van der Waals surface area contributed by atoms with E-state index in [-0.39, 0.29) is 0 Å². The summed E-state index contributed by atoms with van der Waals surface area (Å²) in [7, 11) is 0. The van der Waals surface area contributed by atoms with E-state index in [0.29, 0.717) is 12.1 Å². The predicted molar refractivity (Wildman–Crippen MR) is 103 cm³/mol. The van der Waals surface area contributed by atoms with E-state index in [1.54, 1.807) is 0 Å². The van der Waals surface area contributed by atoms with Crippen LogP contribution in [0.15, 0.2) is 36.4 Å². The molecule has 5 heteroatoms. The molecule has 0 aliphatic carbocycles. The highest BCUT2D eigenvalue weighted by atomic mass is 16.5. The maximum Gasteiger partial charge on any atom is 0.0828 e. The number of aryl methyl sites for hydroxylation is 2. The number of hydrogen-bond acceptors (Lipinski definition) is 4. The molecule has 2 aliphatic heterocycles. The Bertz CT molecular complexity index is 708. The molecule has 0 N–H and O–H groups in total. The van der Waals surface area contributed by atoms with Crippen molar-refractivity contribution in [2.45, 2.75) is 39.0 Å². The first-order valence-electron chi connectivity index (χ1n) is 9.80. The number of likely N-dealkylation sites (tertiary alicyclic amines) is 1. The van der Waals surface area contributed by atoms with Gasteiger partial charge in [-0.05, 0) is 31.9 Å². The highest BCUT2D eigenvalue weighted by Gasteiger charge is 2.32. The Morgan fingerprint density at radius 1 is 1.08 bits per heavy atom. The number of nitrogens with zero attached hydrogens (tertiary/aromatic N) is 4. The maximum absolute atomic E-state index is 6.14. The van der Waals surface area contributed by atoms with Crippen molar-refractivity contribution in [1.29, 1.82) is 0 Å². The van der Waals surface area contributed by atoms with Gasteiger partial charge in [-0.15, -0.1) is 0 Å². The summed E-state index contributed by atoms with van der Waals surface area (Å²) in [6.45, 7) is 11.5. The molecule has 1 aromatic heterocycles. The summed E-state index contributed by atoms with van der Waals surface area (Å²) < 4.78 is 8.34. The van der Waals surface area contributed by atoms with Crippen molar-refractivity contribution in [2.75, 3.05) is 39.3 Å². The van der Waals surface area contributed by atoms with Gasteiger partial charge in [0.05, 0.1) is 17.8 Å². The van der Waals surface area contributed by atoms with Crippen molar-refractivity contribution in [2.24, 2.45) is 0 Å². The Morgan fingerprint density at radius 3 is 2.62 bits per heavy atom. The average Bonchev–Trinajstić information content (AvgIpc) is 2.79. The van der Waals surface area contributed by atoms with Crippen molar-refractivity contribution in [3.63, 3.8) is 0 Å². The fourth-order valence-electron chi connectivity index (χ4n) is 4.22. The molecule has 0 bridgehead atoms. The van der Waals surface area contributed by atoms with Gasteiger partial charge in [0.2, 0.25) is 0 Å². The summed E-state index contributed by atoms with van der Waals surface area (Å²) in [4.78, 5) is 5.06. The fourth-order valence-corrected chi connectivity index (χ4v) is 4.22. The zero-order chi connectivity index (χ0) is 17.9. The largest absolute Gasteiger partial charge is 0.376 e. The van der Waals surface area contributed by atoms with Crippen LogP contribution >= 0.6 is 0 Å². The third-order valence-electron chi connectivity index (χ3n) is 5.47. The van der Waals surface area contributed by atoms with Crippen molar-refractivity contribution in [1.82, 2.24) is 19.6 Å². The molecule has 0 amide bonds.